The van der Waals surface area contributed by atoms with Crippen LogP contribution in [0.1, 0.15) is 22.5 Å². The highest BCUT2D eigenvalue weighted by atomic mass is 16.7. The summed E-state index contributed by atoms with van der Waals surface area (Å²) in [6.45, 7) is 7.27. The van der Waals surface area contributed by atoms with Crippen LogP contribution in [-0.2, 0) is 27.2 Å². The van der Waals surface area contributed by atoms with E-state index in [1.165, 1.54) is 5.56 Å². The fraction of sp³-hybridized carbons (Fsp3) is 0.333. The first kappa shape index (κ1) is 22.1. The second-order valence-corrected chi connectivity index (χ2v) is 8.85. The van der Waals surface area contributed by atoms with E-state index in [4.69, 9.17) is 9.47 Å². The third-order valence-electron chi connectivity index (χ3n) is 6.37. The summed E-state index contributed by atoms with van der Waals surface area (Å²) in [6, 6.07) is 20.5. The molecule has 2 aromatic carbocycles. The molecule has 1 aromatic heterocycles. The Bertz CT molecular complexity index is 1160. The van der Waals surface area contributed by atoms with Gasteiger partial charge < -0.3 is 19.3 Å². The highest BCUT2D eigenvalue weighted by Crippen LogP contribution is 2.28. The maximum absolute atomic E-state index is 12.7. The van der Waals surface area contributed by atoms with Crippen molar-refractivity contribution in [1.82, 2.24) is 14.7 Å². The van der Waals surface area contributed by atoms with Gasteiger partial charge in [0.25, 0.3) is 0 Å². The molecule has 3 aromatic rings. The molecule has 0 N–H and O–H groups in total. The van der Waals surface area contributed by atoms with Crippen LogP contribution in [0.4, 0.5) is 5.69 Å². The lowest BCUT2D eigenvalue weighted by Crippen LogP contribution is -2.49. The fourth-order valence-electron chi connectivity index (χ4n) is 4.48. The van der Waals surface area contributed by atoms with Gasteiger partial charge in [-0.05, 0) is 49.7 Å². The number of ether oxygens (including phenoxy) is 2. The number of hydrogen-bond donors (Lipinski definition) is 0. The van der Waals surface area contributed by atoms with E-state index in [9.17, 15) is 4.79 Å². The zero-order chi connectivity index (χ0) is 23.5. The van der Waals surface area contributed by atoms with Gasteiger partial charge in [-0.3, -0.25) is 9.48 Å². The van der Waals surface area contributed by atoms with Crippen LogP contribution in [0.25, 0.3) is 5.76 Å². The maximum Gasteiger partial charge on any atom is 0.244 e. The van der Waals surface area contributed by atoms with E-state index < -0.39 is 0 Å². The lowest BCUT2D eigenvalue weighted by atomic mass is 10.1. The summed E-state index contributed by atoms with van der Waals surface area (Å²) in [7, 11) is 0. The van der Waals surface area contributed by atoms with Crippen LogP contribution < -0.4 is 4.90 Å². The molecule has 34 heavy (non-hydrogen) atoms. The molecule has 0 radical (unpaired) electrons. The van der Waals surface area contributed by atoms with Crippen molar-refractivity contribution in [2.75, 3.05) is 31.1 Å². The lowest BCUT2D eigenvalue weighted by Gasteiger charge is -2.36. The average molecular weight is 459 g/mol. The molecule has 0 saturated carbocycles. The number of nitrogens with zero attached hydrogens (tertiary/aromatic N) is 4. The molecule has 2 aliphatic heterocycles. The molecule has 0 aliphatic carbocycles. The zero-order valence-electron chi connectivity index (χ0n) is 19.7. The van der Waals surface area contributed by atoms with Crippen LogP contribution in [0.15, 0.2) is 66.9 Å². The molecule has 176 valence electrons. The SMILES string of the molecule is Cc1cc(C)n(CC(=O)N2CCN(c3ccc(C4=COC(Cc5ccccc5)O4)cc3)CC2)n1. The summed E-state index contributed by atoms with van der Waals surface area (Å²) in [4.78, 5) is 17.0. The molecule has 7 heteroatoms. The van der Waals surface area contributed by atoms with Gasteiger partial charge >= 0.3 is 0 Å². The molecule has 0 spiro atoms. The average Bonchev–Trinajstić information content (AvgIpc) is 3.45. The Balaban J connectivity index is 1.12. The third-order valence-corrected chi connectivity index (χ3v) is 6.37. The monoisotopic (exact) mass is 458 g/mol. The van der Waals surface area contributed by atoms with Gasteiger partial charge in [0, 0.05) is 49.5 Å². The minimum absolute atomic E-state index is 0.122. The summed E-state index contributed by atoms with van der Waals surface area (Å²) in [5.41, 5.74) is 5.29. The minimum atomic E-state index is -0.294. The van der Waals surface area contributed by atoms with Crippen LogP contribution in [0, 0.1) is 13.8 Å². The lowest BCUT2D eigenvalue weighted by molar-refractivity contribution is -0.132. The van der Waals surface area contributed by atoms with Gasteiger partial charge in [-0.2, -0.15) is 5.10 Å². The fourth-order valence-corrected chi connectivity index (χ4v) is 4.48. The summed E-state index contributed by atoms with van der Waals surface area (Å²) >= 11 is 0. The molecule has 0 bridgehead atoms. The summed E-state index contributed by atoms with van der Waals surface area (Å²) in [5.74, 6) is 0.878. The summed E-state index contributed by atoms with van der Waals surface area (Å²) in [5, 5.41) is 4.41. The van der Waals surface area contributed by atoms with E-state index >= 15 is 0 Å². The Morgan fingerprint density at radius 3 is 2.41 bits per heavy atom. The van der Waals surface area contributed by atoms with Crippen molar-refractivity contribution in [2.24, 2.45) is 0 Å². The molecule has 1 atom stereocenters. The van der Waals surface area contributed by atoms with Crippen LogP contribution >= 0.6 is 0 Å². The second-order valence-electron chi connectivity index (χ2n) is 8.85. The smallest absolute Gasteiger partial charge is 0.244 e. The molecule has 2 aliphatic rings. The molecule has 1 unspecified atom stereocenters. The number of anilines is 1. The number of amides is 1. The number of piperazine rings is 1. The van der Waals surface area contributed by atoms with Gasteiger partial charge in [-0.1, -0.05) is 30.3 Å². The van der Waals surface area contributed by atoms with Crippen LogP contribution in [0.3, 0.4) is 0 Å². The number of rotatable bonds is 6. The summed E-state index contributed by atoms with van der Waals surface area (Å²) < 4.78 is 13.5. The largest absolute Gasteiger partial charge is 0.458 e. The van der Waals surface area contributed by atoms with Crippen molar-refractivity contribution in [3.63, 3.8) is 0 Å². The first-order valence-corrected chi connectivity index (χ1v) is 11.8. The van der Waals surface area contributed by atoms with E-state index in [0.29, 0.717) is 26.1 Å². The normalized spacial score (nSPS) is 17.8. The van der Waals surface area contributed by atoms with Gasteiger partial charge in [0.2, 0.25) is 12.2 Å². The summed E-state index contributed by atoms with van der Waals surface area (Å²) in [6.07, 6.45) is 2.12. The first-order chi connectivity index (χ1) is 16.5. The number of carbonyl (C=O) groups is 1. The van der Waals surface area contributed by atoms with Crippen LogP contribution in [-0.4, -0.2) is 53.1 Å². The van der Waals surface area contributed by atoms with Crippen molar-refractivity contribution < 1.29 is 14.3 Å². The van der Waals surface area contributed by atoms with Crippen molar-refractivity contribution in [1.29, 1.82) is 0 Å². The molecular formula is C27H30N4O3. The predicted octanol–water partition coefficient (Wildman–Crippen LogP) is 3.76. The van der Waals surface area contributed by atoms with E-state index in [1.54, 1.807) is 10.9 Å². The standard InChI is InChI=1S/C27H30N4O3/c1-20-16-21(2)31(28-20)18-26(32)30-14-12-29(13-15-30)24-10-8-23(9-11-24)25-19-33-27(34-25)17-22-6-4-3-5-7-22/h3-11,16,19,27H,12-15,17-18H2,1-2H3. The van der Waals surface area contributed by atoms with E-state index in [2.05, 4.69) is 46.4 Å². The number of aryl methyl sites for hydroxylation is 2. The van der Waals surface area contributed by atoms with Crippen molar-refractivity contribution >= 4 is 17.4 Å². The Kier molecular flexibility index (Phi) is 6.25. The van der Waals surface area contributed by atoms with Gasteiger partial charge in [-0.25, -0.2) is 0 Å². The Morgan fingerprint density at radius 1 is 1.00 bits per heavy atom. The molecular weight excluding hydrogens is 428 g/mol. The predicted molar refractivity (Wildman–Crippen MR) is 131 cm³/mol. The number of hydrogen-bond acceptors (Lipinski definition) is 5. The van der Waals surface area contributed by atoms with Crippen LogP contribution in [0.2, 0.25) is 0 Å². The topological polar surface area (TPSA) is 59.8 Å². The number of benzene rings is 2. The number of aromatic nitrogens is 2. The van der Waals surface area contributed by atoms with Crippen molar-refractivity contribution in [3.8, 4) is 0 Å². The van der Waals surface area contributed by atoms with Gasteiger partial charge in [0.05, 0.1) is 5.69 Å². The van der Waals surface area contributed by atoms with E-state index in [1.807, 2.05) is 43.0 Å². The second kappa shape index (κ2) is 9.63. The third kappa shape index (κ3) is 4.93. The van der Waals surface area contributed by atoms with Crippen molar-refractivity contribution in [2.45, 2.75) is 33.1 Å². The quantitative estimate of drug-likeness (QED) is 0.563. The maximum atomic E-state index is 12.7. The Hall–Kier alpha value is -3.74. The first-order valence-electron chi connectivity index (χ1n) is 11.8. The van der Waals surface area contributed by atoms with E-state index in [-0.39, 0.29) is 12.2 Å². The molecule has 1 fully saturated rings. The molecule has 3 heterocycles. The highest BCUT2D eigenvalue weighted by molar-refractivity contribution is 5.76. The van der Waals surface area contributed by atoms with Gasteiger partial charge in [-0.15, -0.1) is 0 Å². The molecule has 1 amide bonds. The van der Waals surface area contributed by atoms with Crippen LogP contribution in [0.5, 0.6) is 0 Å². The molecule has 7 nitrogen and oxygen atoms in total. The van der Waals surface area contributed by atoms with Gasteiger partial charge in [0.15, 0.2) is 5.76 Å². The molecule has 5 rings (SSSR count). The Labute approximate surface area is 200 Å². The minimum Gasteiger partial charge on any atom is -0.458 e. The van der Waals surface area contributed by atoms with Gasteiger partial charge in [0.1, 0.15) is 12.8 Å². The Morgan fingerprint density at radius 2 is 1.74 bits per heavy atom. The van der Waals surface area contributed by atoms with Crippen molar-refractivity contribution in [3.05, 3.63) is 89.4 Å². The molecule has 1 saturated heterocycles. The zero-order valence-corrected chi connectivity index (χ0v) is 19.7. The van der Waals surface area contributed by atoms with E-state index in [0.717, 1.165) is 41.5 Å². The number of carbonyl (C=O) groups excluding carboxylic acids is 1. The highest BCUT2D eigenvalue weighted by Gasteiger charge is 2.24.